The van der Waals surface area contributed by atoms with E-state index in [2.05, 4.69) is 16.0 Å². The summed E-state index contributed by atoms with van der Waals surface area (Å²) in [5, 5.41) is 9.21. The van der Waals surface area contributed by atoms with Crippen molar-refractivity contribution < 1.29 is 0 Å². The van der Waals surface area contributed by atoms with Gasteiger partial charge in [-0.15, -0.1) is 0 Å². The van der Waals surface area contributed by atoms with E-state index in [9.17, 15) is 0 Å². The van der Waals surface area contributed by atoms with Crippen molar-refractivity contribution in [1.29, 1.82) is 5.26 Å². The number of piperidine rings is 1. The predicted octanol–water partition coefficient (Wildman–Crippen LogP) is 1.45. The summed E-state index contributed by atoms with van der Waals surface area (Å²) < 4.78 is 0. The first-order valence-corrected chi connectivity index (χ1v) is 5.50. The number of hydrogen-bond donors (Lipinski definition) is 1. The maximum absolute atomic E-state index is 8.81. The van der Waals surface area contributed by atoms with Crippen molar-refractivity contribution in [2.45, 2.75) is 12.8 Å². The average molecular weight is 238 g/mol. The Bertz CT molecular complexity index is 420. The molecule has 2 N–H and O–H groups in total. The van der Waals surface area contributed by atoms with Crippen LogP contribution in [0.1, 0.15) is 12.8 Å². The van der Waals surface area contributed by atoms with Gasteiger partial charge in [-0.05, 0) is 12.8 Å². The number of anilines is 2. The minimum Gasteiger partial charge on any atom is -0.382 e. The molecule has 1 aromatic rings. The average Bonchev–Trinajstić information content (AvgIpc) is 2.33. The summed E-state index contributed by atoms with van der Waals surface area (Å²) in [6.45, 7) is 1.57. The lowest BCUT2D eigenvalue weighted by Gasteiger charge is -2.30. The van der Waals surface area contributed by atoms with E-state index in [1.54, 1.807) is 0 Å². The highest BCUT2D eigenvalue weighted by atomic mass is 35.5. The molecule has 0 radical (unpaired) electrons. The van der Waals surface area contributed by atoms with Crippen LogP contribution in [0.4, 0.5) is 11.6 Å². The zero-order valence-corrected chi connectivity index (χ0v) is 9.48. The number of nitrogens with two attached hydrogens (primary N) is 1. The summed E-state index contributed by atoms with van der Waals surface area (Å²) in [6, 6.07) is 2.28. The van der Waals surface area contributed by atoms with Crippen LogP contribution in [0.15, 0.2) is 6.33 Å². The van der Waals surface area contributed by atoms with Gasteiger partial charge in [-0.1, -0.05) is 11.6 Å². The Morgan fingerprint density at radius 1 is 1.44 bits per heavy atom. The molecule has 0 spiro atoms. The molecule has 1 saturated heterocycles. The molecule has 2 heterocycles. The molecule has 5 nitrogen and oxygen atoms in total. The van der Waals surface area contributed by atoms with E-state index in [1.165, 1.54) is 6.33 Å². The second-order valence-electron chi connectivity index (χ2n) is 3.79. The first kappa shape index (κ1) is 11.0. The molecule has 6 heteroatoms. The van der Waals surface area contributed by atoms with Crippen LogP contribution < -0.4 is 10.6 Å². The van der Waals surface area contributed by atoms with Crippen LogP contribution in [0, 0.1) is 17.2 Å². The second kappa shape index (κ2) is 4.54. The third kappa shape index (κ3) is 2.02. The summed E-state index contributed by atoms with van der Waals surface area (Å²) in [7, 11) is 0. The minimum atomic E-state index is 0.147. The molecule has 1 aromatic heterocycles. The number of nitrogens with zero attached hydrogens (tertiary/aromatic N) is 4. The van der Waals surface area contributed by atoms with Gasteiger partial charge in [0.05, 0.1) is 6.07 Å². The van der Waals surface area contributed by atoms with E-state index in [0.717, 1.165) is 25.9 Å². The van der Waals surface area contributed by atoms with Gasteiger partial charge >= 0.3 is 0 Å². The molecule has 2 rings (SSSR count). The Kier molecular flexibility index (Phi) is 3.11. The number of aromatic nitrogens is 2. The summed E-state index contributed by atoms with van der Waals surface area (Å²) in [5.41, 5.74) is 5.62. The van der Waals surface area contributed by atoms with Crippen LogP contribution in [0.2, 0.25) is 5.02 Å². The monoisotopic (exact) mass is 237 g/mol. The highest BCUT2D eigenvalue weighted by Gasteiger charge is 2.22. The molecular formula is C10H12ClN5. The van der Waals surface area contributed by atoms with Gasteiger partial charge in [0.1, 0.15) is 17.2 Å². The Morgan fingerprint density at radius 3 is 2.75 bits per heavy atom. The van der Waals surface area contributed by atoms with Crippen LogP contribution in [-0.4, -0.2) is 23.1 Å². The topological polar surface area (TPSA) is 78.8 Å². The van der Waals surface area contributed by atoms with E-state index in [0.29, 0.717) is 16.7 Å². The van der Waals surface area contributed by atoms with E-state index in [1.807, 2.05) is 4.90 Å². The third-order valence-electron chi connectivity index (χ3n) is 2.78. The maximum atomic E-state index is 8.81. The van der Waals surface area contributed by atoms with E-state index < -0.39 is 0 Å². The largest absolute Gasteiger partial charge is 0.382 e. The minimum absolute atomic E-state index is 0.147. The number of rotatable bonds is 1. The predicted molar refractivity (Wildman–Crippen MR) is 62.0 cm³/mol. The van der Waals surface area contributed by atoms with Gasteiger partial charge in [-0.3, -0.25) is 0 Å². The fourth-order valence-corrected chi connectivity index (χ4v) is 2.03. The van der Waals surface area contributed by atoms with Crippen molar-refractivity contribution >= 4 is 23.2 Å². The fraction of sp³-hybridized carbons (Fsp3) is 0.500. The molecule has 0 atom stereocenters. The Morgan fingerprint density at radius 2 is 2.12 bits per heavy atom. The first-order chi connectivity index (χ1) is 7.72. The molecule has 0 unspecified atom stereocenters. The zero-order chi connectivity index (χ0) is 11.5. The summed E-state index contributed by atoms with van der Waals surface area (Å²) in [6.07, 6.45) is 3.10. The van der Waals surface area contributed by atoms with Crippen molar-refractivity contribution in [1.82, 2.24) is 9.97 Å². The molecular weight excluding hydrogens is 226 g/mol. The van der Waals surface area contributed by atoms with Crippen LogP contribution in [0.3, 0.4) is 0 Å². The fourth-order valence-electron chi connectivity index (χ4n) is 1.81. The smallest absolute Gasteiger partial charge is 0.153 e. The lowest BCUT2D eigenvalue weighted by atomic mass is 9.99. The summed E-state index contributed by atoms with van der Waals surface area (Å²) in [5.74, 6) is 1.12. The molecule has 0 aliphatic carbocycles. The molecule has 0 bridgehead atoms. The Hall–Kier alpha value is -1.54. The second-order valence-corrected chi connectivity index (χ2v) is 4.16. The SMILES string of the molecule is N#CC1CCN(c2ncnc(N)c2Cl)CC1. The van der Waals surface area contributed by atoms with Gasteiger partial charge in [0.25, 0.3) is 0 Å². The number of hydrogen-bond acceptors (Lipinski definition) is 5. The first-order valence-electron chi connectivity index (χ1n) is 5.13. The number of nitriles is 1. The summed E-state index contributed by atoms with van der Waals surface area (Å²) in [4.78, 5) is 10.0. The van der Waals surface area contributed by atoms with Gasteiger partial charge in [0, 0.05) is 19.0 Å². The molecule has 84 valence electrons. The molecule has 1 aliphatic heterocycles. The van der Waals surface area contributed by atoms with Gasteiger partial charge in [0.15, 0.2) is 5.82 Å². The molecule has 0 saturated carbocycles. The number of nitrogen functional groups attached to an aromatic ring is 1. The quantitative estimate of drug-likeness (QED) is 0.800. The Balaban J connectivity index is 2.15. The third-order valence-corrected chi connectivity index (χ3v) is 3.14. The van der Waals surface area contributed by atoms with Gasteiger partial charge in [0.2, 0.25) is 0 Å². The number of halogens is 1. The standard InChI is InChI=1S/C10H12ClN5/c11-8-9(13)14-6-15-10(8)16-3-1-7(5-12)2-4-16/h6-7H,1-4H2,(H2,13,14,15). The van der Waals surface area contributed by atoms with Gasteiger partial charge in [-0.25, -0.2) is 9.97 Å². The van der Waals surface area contributed by atoms with Gasteiger partial charge in [-0.2, -0.15) is 5.26 Å². The zero-order valence-electron chi connectivity index (χ0n) is 8.73. The van der Waals surface area contributed by atoms with Gasteiger partial charge < -0.3 is 10.6 Å². The highest BCUT2D eigenvalue weighted by Crippen LogP contribution is 2.29. The maximum Gasteiger partial charge on any atom is 0.153 e. The highest BCUT2D eigenvalue weighted by molar-refractivity contribution is 6.35. The van der Waals surface area contributed by atoms with Crippen LogP contribution in [-0.2, 0) is 0 Å². The molecule has 1 aliphatic rings. The van der Waals surface area contributed by atoms with Crippen LogP contribution in [0.25, 0.3) is 0 Å². The molecule has 1 fully saturated rings. The van der Waals surface area contributed by atoms with Crippen molar-refractivity contribution in [3.05, 3.63) is 11.3 Å². The Labute approximate surface area is 98.9 Å². The molecule has 0 amide bonds. The van der Waals surface area contributed by atoms with Crippen molar-refractivity contribution in [2.24, 2.45) is 5.92 Å². The lowest BCUT2D eigenvalue weighted by molar-refractivity contribution is 0.485. The van der Waals surface area contributed by atoms with Crippen LogP contribution in [0.5, 0.6) is 0 Å². The van der Waals surface area contributed by atoms with Crippen LogP contribution >= 0.6 is 11.6 Å². The van der Waals surface area contributed by atoms with Crippen molar-refractivity contribution in [3.63, 3.8) is 0 Å². The van der Waals surface area contributed by atoms with E-state index in [4.69, 9.17) is 22.6 Å². The summed E-state index contributed by atoms with van der Waals surface area (Å²) >= 11 is 6.04. The van der Waals surface area contributed by atoms with E-state index >= 15 is 0 Å². The molecule has 16 heavy (non-hydrogen) atoms. The van der Waals surface area contributed by atoms with Crippen molar-refractivity contribution in [3.8, 4) is 6.07 Å². The van der Waals surface area contributed by atoms with Crippen molar-refractivity contribution in [2.75, 3.05) is 23.7 Å². The van der Waals surface area contributed by atoms with E-state index in [-0.39, 0.29) is 5.92 Å². The molecule has 0 aromatic carbocycles. The normalized spacial score (nSPS) is 17.1. The lowest BCUT2D eigenvalue weighted by Crippen LogP contribution is -2.34.